The molecule has 0 fully saturated rings. The first-order chi connectivity index (χ1) is 15.4. The third kappa shape index (κ3) is 4.34. The normalized spacial score (nSPS) is 12.6. The van der Waals surface area contributed by atoms with E-state index in [2.05, 4.69) is 5.32 Å². The maximum absolute atomic E-state index is 13.5. The van der Waals surface area contributed by atoms with Crippen molar-refractivity contribution in [2.75, 3.05) is 16.8 Å². The fourth-order valence-corrected chi connectivity index (χ4v) is 3.38. The van der Waals surface area contributed by atoms with Crippen molar-refractivity contribution in [2.24, 2.45) is 0 Å². The predicted molar refractivity (Wildman–Crippen MR) is 114 cm³/mol. The number of amides is 3. The van der Waals surface area contributed by atoms with Gasteiger partial charge in [-0.15, -0.1) is 0 Å². The highest BCUT2D eigenvalue weighted by atomic mass is 19.1. The van der Waals surface area contributed by atoms with Gasteiger partial charge in [0.1, 0.15) is 5.82 Å². The molecule has 1 heterocycles. The van der Waals surface area contributed by atoms with E-state index in [0.717, 1.165) is 17.0 Å². The minimum atomic E-state index is -0.806. The van der Waals surface area contributed by atoms with Crippen molar-refractivity contribution in [3.63, 3.8) is 0 Å². The van der Waals surface area contributed by atoms with E-state index in [9.17, 15) is 23.2 Å². The van der Waals surface area contributed by atoms with Gasteiger partial charge in [0.05, 0.1) is 23.4 Å². The molecule has 3 aromatic carbocycles. The summed E-state index contributed by atoms with van der Waals surface area (Å²) < 4.78 is 31.7. The quantitative estimate of drug-likeness (QED) is 0.435. The Balaban J connectivity index is 1.34. The number of nitrogens with one attached hydrogen (secondary N) is 1. The van der Waals surface area contributed by atoms with E-state index in [1.807, 2.05) is 0 Å². The van der Waals surface area contributed by atoms with E-state index < -0.39 is 23.4 Å². The van der Waals surface area contributed by atoms with Crippen LogP contribution in [0.3, 0.4) is 0 Å². The van der Waals surface area contributed by atoms with Crippen molar-refractivity contribution < 1.29 is 27.9 Å². The van der Waals surface area contributed by atoms with Crippen LogP contribution in [0.5, 0.6) is 5.75 Å². The van der Waals surface area contributed by atoms with Crippen LogP contribution in [0.25, 0.3) is 0 Å². The number of benzene rings is 3. The molecule has 1 aliphatic rings. The number of hydrogen-bond donors (Lipinski definition) is 1. The highest BCUT2D eigenvalue weighted by Gasteiger charge is 2.36. The van der Waals surface area contributed by atoms with E-state index in [4.69, 9.17) is 4.74 Å². The highest BCUT2D eigenvalue weighted by molar-refractivity contribution is 6.34. The molecule has 1 aliphatic heterocycles. The second kappa shape index (κ2) is 8.97. The predicted octanol–water partition coefficient (Wildman–Crippen LogP) is 4.56. The van der Waals surface area contributed by atoms with E-state index in [1.165, 1.54) is 6.07 Å². The van der Waals surface area contributed by atoms with Crippen LogP contribution < -0.4 is 15.0 Å². The summed E-state index contributed by atoms with van der Waals surface area (Å²) in [7, 11) is 0. The van der Waals surface area contributed by atoms with Gasteiger partial charge in [0, 0.05) is 18.2 Å². The van der Waals surface area contributed by atoms with Crippen LogP contribution in [0.1, 0.15) is 33.6 Å². The van der Waals surface area contributed by atoms with Gasteiger partial charge >= 0.3 is 0 Å². The first kappa shape index (κ1) is 21.2. The smallest absolute Gasteiger partial charge is 0.266 e. The lowest BCUT2D eigenvalue weighted by Gasteiger charge is -2.15. The Morgan fingerprint density at radius 1 is 0.906 bits per heavy atom. The zero-order chi connectivity index (χ0) is 22.7. The number of rotatable bonds is 7. The molecule has 6 nitrogen and oxygen atoms in total. The van der Waals surface area contributed by atoms with E-state index in [1.54, 1.807) is 48.5 Å². The van der Waals surface area contributed by atoms with Gasteiger partial charge in [0.25, 0.3) is 11.8 Å². The molecule has 3 amide bonds. The van der Waals surface area contributed by atoms with Gasteiger partial charge in [-0.05, 0) is 48.9 Å². The number of anilines is 2. The molecule has 8 heteroatoms. The summed E-state index contributed by atoms with van der Waals surface area (Å²) in [6.45, 7) is 0.0745. The van der Waals surface area contributed by atoms with Crippen LogP contribution in [0.4, 0.5) is 20.2 Å². The summed E-state index contributed by atoms with van der Waals surface area (Å²) in [6.07, 6.45) is 0.404. The minimum absolute atomic E-state index is 0.0745. The maximum Gasteiger partial charge on any atom is 0.266 e. The molecule has 4 rings (SSSR count). The van der Waals surface area contributed by atoms with Gasteiger partial charge in [-0.1, -0.05) is 18.2 Å². The van der Waals surface area contributed by atoms with Gasteiger partial charge in [-0.2, -0.15) is 0 Å². The number of carbonyl (C=O) groups is 3. The SMILES string of the molecule is O=C(CCCOc1ccc(F)cc1F)Nc1cccc(N2C(=O)c3ccccc3C2=O)c1. The van der Waals surface area contributed by atoms with Gasteiger partial charge in [-0.3, -0.25) is 14.4 Å². The first-order valence-corrected chi connectivity index (χ1v) is 9.89. The molecule has 0 spiro atoms. The minimum Gasteiger partial charge on any atom is -0.491 e. The zero-order valence-corrected chi connectivity index (χ0v) is 16.8. The van der Waals surface area contributed by atoms with E-state index in [0.29, 0.717) is 28.9 Å². The molecule has 0 unspecified atom stereocenters. The summed E-state index contributed by atoms with van der Waals surface area (Å²) in [6, 6.07) is 16.0. The van der Waals surface area contributed by atoms with E-state index in [-0.39, 0.29) is 24.7 Å². The summed E-state index contributed by atoms with van der Waals surface area (Å²) >= 11 is 0. The van der Waals surface area contributed by atoms with Gasteiger partial charge < -0.3 is 10.1 Å². The highest BCUT2D eigenvalue weighted by Crippen LogP contribution is 2.29. The fraction of sp³-hybridized carbons (Fsp3) is 0.125. The Bertz CT molecular complexity index is 1180. The zero-order valence-electron chi connectivity index (χ0n) is 16.8. The van der Waals surface area contributed by atoms with Gasteiger partial charge in [0.2, 0.25) is 5.91 Å². The van der Waals surface area contributed by atoms with Crippen molar-refractivity contribution in [3.05, 3.63) is 89.5 Å². The number of ether oxygens (including phenoxy) is 1. The third-order valence-corrected chi connectivity index (χ3v) is 4.88. The molecule has 0 atom stereocenters. The van der Waals surface area contributed by atoms with E-state index >= 15 is 0 Å². The Labute approximate surface area is 182 Å². The van der Waals surface area contributed by atoms with Crippen LogP contribution >= 0.6 is 0 Å². The average molecular weight is 436 g/mol. The van der Waals surface area contributed by atoms with Crippen LogP contribution in [-0.2, 0) is 4.79 Å². The second-order valence-corrected chi connectivity index (χ2v) is 7.12. The van der Waals surface area contributed by atoms with Crippen LogP contribution in [0.2, 0.25) is 0 Å². The Morgan fingerprint density at radius 2 is 1.62 bits per heavy atom. The lowest BCUT2D eigenvalue weighted by Crippen LogP contribution is -2.29. The lowest BCUT2D eigenvalue weighted by atomic mass is 10.1. The van der Waals surface area contributed by atoms with Crippen molar-refractivity contribution in [3.8, 4) is 5.75 Å². The third-order valence-electron chi connectivity index (χ3n) is 4.88. The molecular weight excluding hydrogens is 418 g/mol. The number of nitrogens with zero attached hydrogens (tertiary/aromatic N) is 1. The molecule has 1 N–H and O–H groups in total. The molecule has 0 aromatic heterocycles. The molecule has 3 aromatic rings. The summed E-state index contributed by atoms with van der Waals surface area (Å²) in [5.41, 5.74) is 1.45. The van der Waals surface area contributed by atoms with Gasteiger partial charge in [-0.25, -0.2) is 13.7 Å². The van der Waals surface area contributed by atoms with Gasteiger partial charge in [0.15, 0.2) is 11.6 Å². The summed E-state index contributed by atoms with van der Waals surface area (Å²) in [4.78, 5) is 38.6. The number of imide groups is 1. The van der Waals surface area contributed by atoms with Crippen molar-refractivity contribution >= 4 is 29.1 Å². The molecular formula is C24H18F2N2O4. The number of hydrogen-bond acceptors (Lipinski definition) is 4. The monoisotopic (exact) mass is 436 g/mol. The molecule has 0 saturated heterocycles. The Morgan fingerprint density at radius 3 is 2.31 bits per heavy atom. The molecule has 32 heavy (non-hydrogen) atoms. The topological polar surface area (TPSA) is 75.7 Å². The van der Waals surface area contributed by atoms with Crippen molar-refractivity contribution in [1.82, 2.24) is 0 Å². The molecule has 0 bridgehead atoms. The Hall–Kier alpha value is -4.07. The second-order valence-electron chi connectivity index (χ2n) is 7.12. The number of fused-ring (bicyclic) bond motifs is 1. The Kier molecular flexibility index (Phi) is 5.93. The van der Waals surface area contributed by atoms with Crippen molar-refractivity contribution in [1.29, 1.82) is 0 Å². The van der Waals surface area contributed by atoms with Crippen molar-refractivity contribution in [2.45, 2.75) is 12.8 Å². The molecule has 0 radical (unpaired) electrons. The molecule has 162 valence electrons. The maximum atomic E-state index is 13.5. The number of halogens is 2. The summed E-state index contributed by atoms with van der Waals surface area (Å²) in [5.74, 6) is -2.73. The molecule has 0 aliphatic carbocycles. The largest absolute Gasteiger partial charge is 0.491 e. The van der Waals surface area contributed by atoms with Crippen LogP contribution in [0.15, 0.2) is 66.7 Å². The standard InChI is InChI=1S/C24H18F2N2O4/c25-15-10-11-21(20(26)13-15)32-12-4-9-22(29)27-16-5-3-6-17(14-16)28-23(30)18-7-1-2-8-19(18)24(28)31/h1-3,5-8,10-11,13-14H,4,9,12H2,(H,27,29). The molecule has 0 saturated carbocycles. The van der Waals surface area contributed by atoms with Crippen LogP contribution in [-0.4, -0.2) is 24.3 Å². The van der Waals surface area contributed by atoms with Crippen LogP contribution in [0, 0.1) is 11.6 Å². The average Bonchev–Trinajstić information content (AvgIpc) is 3.03. The first-order valence-electron chi connectivity index (χ1n) is 9.89. The lowest BCUT2D eigenvalue weighted by molar-refractivity contribution is -0.116. The fourth-order valence-electron chi connectivity index (χ4n) is 3.38. The summed E-state index contributed by atoms with van der Waals surface area (Å²) in [5, 5.41) is 2.71. The number of carbonyl (C=O) groups excluding carboxylic acids is 3.